The number of rotatable bonds is 3. The van der Waals surface area contributed by atoms with Crippen molar-refractivity contribution in [1.82, 2.24) is 5.32 Å². The number of ether oxygens (including phenoxy) is 1. The molecule has 1 amide bonds. The maximum absolute atomic E-state index is 13.5. The van der Waals surface area contributed by atoms with Crippen LogP contribution >= 0.6 is 15.9 Å². The smallest absolute Gasteiger partial charge is 0.254 e. The molecule has 1 heterocycles. The van der Waals surface area contributed by atoms with E-state index in [2.05, 4.69) is 21.2 Å². The van der Waals surface area contributed by atoms with Gasteiger partial charge < -0.3 is 10.1 Å². The van der Waals surface area contributed by atoms with Gasteiger partial charge in [0.15, 0.2) is 0 Å². The first kappa shape index (κ1) is 14.4. The van der Waals surface area contributed by atoms with E-state index in [1.165, 1.54) is 0 Å². The van der Waals surface area contributed by atoms with Gasteiger partial charge in [-0.05, 0) is 31.0 Å². The predicted octanol–water partition coefficient (Wildman–Crippen LogP) is 2.64. The number of alkyl halides is 1. The Kier molecular flexibility index (Phi) is 4.52. The van der Waals surface area contributed by atoms with E-state index in [4.69, 9.17) is 4.74 Å². The number of benzene rings is 1. The molecular formula is C13H14BrF2NO2. The predicted molar refractivity (Wildman–Crippen MR) is 70.4 cm³/mol. The lowest BCUT2D eigenvalue weighted by molar-refractivity contribution is 0.0440. The van der Waals surface area contributed by atoms with E-state index < -0.39 is 23.1 Å². The second-order valence-electron chi connectivity index (χ2n) is 4.60. The van der Waals surface area contributed by atoms with E-state index in [9.17, 15) is 13.6 Å². The molecule has 1 saturated heterocycles. The molecule has 2 rings (SSSR count). The topological polar surface area (TPSA) is 38.3 Å². The van der Waals surface area contributed by atoms with Gasteiger partial charge in [-0.25, -0.2) is 8.78 Å². The Hall–Kier alpha value is -1.01. The van der Waals surface area contributed by atoms with Crippen LogP contribution in [0.2, 0.25) is 0 Å². The summed E-state index contributed by atoms with van der Waals surface area (Å²) in [5.41, 5.74) is -0.736. The Labute approximate surface area is 118 Å². The minimum absolute atomic E-state index is 0.271. The van der Waals surface area contributed by atoms with Crippen LogP contribution in [0.25, 0.3) is 0 Å². The Morgan fingerprint density at radius 3 is 2.68 bits per heavy atom. The fourth-order valence-electron chi connectivity index (χ4n) is 2.03. The lowest BCUT2D eigenvalue weighted by atomic mass is 9.92. The average molecular weight is 334 g/mol. The van der Waals surface area contributed by atoms with E-state index in [-0.39, 0.29) is 5.56 Å². The zero-order valence-electron chi connectivity index (χ0n) is 10.2. The van der Waals surface area contributed by atoms with Crippen LogP contribution in [-0.4, -0.2) is 30.0 Å². The lowest BCUT2D eigenvalue weighted by Gasteiger charge is -2.36. The Balaban J connectivity index is 2.17. The highest BCUT2D eigenvalue weighted by Gasteiger charge is 2.33. The number of carbonyl (C=O) groups excluding carboxylic acids is 1. The maximum Gasteiger partial charge on any atom is 0.254 e. The van der Waals surface area contributed by atoms with Gasteiger partial charge in [-0.3, -0.25) is 4.79 Å². The van der Waals surface area contributed by atoms with E-state index in [1.807, 2.05) is 0 Å². The van der Waals surface area contributed by atoms with E-state index in [0.717, 1.165) is 18.2 Å². The molecule has 0 spiro atoms. The van der Waals surface area contributed by atoms with Gasteiger partial charge in [0.05, 0.1) is 11.1 Å². The van der Waals surface area contributed by atoms with E-state index in [1.54, 1.807) is 0 Å². The summed E-state index contributed by atoms with van der Waals surface area (Å²) < 4.78 is 31.9. The van der Waals surface area contributed by atoms with Gasteiger partial charge in [0, 0.05) is 18.5 Å². The van der Waals surface area contributed by atoms with Gasteiger partial charge in [0.25, 0.3) is 5.91 Å². The first-order valence-electron chi connectivity index (χ1n) is 5.98. The van der Waals surface area contributed by atoms with Crippen LogP contribution in [0.3, 0.4) is 0 Å². The molecule has 1 aliphatic rings. The van der Waals surface area contributed by atoms with Crippen molar-refractivity contribution in [2.24, 2.45) is 0 Å². The summed E-state index contributed by atoms with van der Waals surface area (Å²) in [7, 11) is 0. The first-order chi connectivity index (χ1) is 9.06. The summed E-state index contributed by atoms with van der Waals surface area (Å²) in [5, 5.41) is 3.34. The fraction of sp³-hybridized carbons (Fsp3) is 0.462. The number of amides is 1. The van der Waals surface area contributed by atoms with Crippen LogP contribution in [0.5, 0.6) is 0 Å². The second-order valence-corrected chi connectivity index (χ2v) is 5.17. The van der Waals surface area contributed by atoms with Gasteiger partial charge in [-0.2, -0.15) is 0 Å². The highest BCUT2D eigenvalue weighted by Crippen LogP contribution is 2.24. The molecule has 1 aliphatic heterocycles. The van der Waals surface area contributed by atoms with Gasteiger partial charge in [-0.15, -0.1) is 0 Å². The first-order valence-corrected chi connectivity index (χ1v) is 7.10. The molecule has 6 heteroatoms. The van der Waals surface area contributed by atoms with Crippen molar-refractivity contribution >= 4 is 21.8 Å². The van der Waals surface area contributed by atoms with Crippen LogP contribution in [-0.2, 0) is 4.74 Å². The van der Waals surface area contributed by atoms with Gasteiger partial charge in [0.2, 0.25) is 0 Å². The van der Waals surface area contributed by atoms with E-state index >= 15 is 0 Å². The van der Waals surface area contributed by atoms with Crippen molar-refractivity contribution in [2.45, 2.75) is 18.4 Å². The number of halogens is 3. The van der Waals surface area contributed by atoms with Gasteiger partial charge in [-0.1, -0.05) is 15.9 Å². The molecular weight excluding hydrogens is 320 g/mol. The Morgan fingerprint density at radius 2 is 2.05 bits per heavy atom. The minimum atomic E-state index is -0.726. The quantitative estimate of drug-likeness (QED) is 0.863. The molecule has 1 aromatic carbocycles. The molecule has 1 N–H and O–H groups in total. The summed E-state index contributed by atoms with van der Waals surface area (Å²) in [4.78, 5) is 12.1. The van der Waals surface area contributed by atoms with Crippen molar-refractivity contribution < 1.29 is 18.3 Å². The molecule has 3 nitrogen and oxygen atoms in total. The summed E-state index contributed by atoms with van der Waals surface area (Å²) in [5.74, 6) is -1.96. The van der Waals surface area contributed by atoms with Crippen LogP contribution in [0.1, 0.15) is 23.2 Å². The van der Waals surface area contributed by atoms with Crippen molar-refractivity contribution in [1.29, 1.82) is 0 Å². The lowest BCUT2D eigenvalue weighted by Crippen LogP contribution is -2.53. The standard InChI is InChI=1S/C13H14BrF2NO2/c14-8-13(3-5-19-6-4-13)17-12(18)10-7-9(15)1-2-11(10)16/h1-2,7H,3-6,8H2,(H,17,18). The monoisotopic (exact) mass is 333 g/mol. The number of carbonyl (C=O) groups is 1. The number of hydrogen-bond acceptors (Lipinski definition) is 2. The van der Waals surface area contributed by atoms with Crippen LogP contribution in [0, 0.1) is 11.6 Å². The molecule has 104 valence electrons. The van der Waals surface area contributed by atoms with Crippen LogP contribution in [0.15, 0.2) is 18.2 Å². The minimum Gasteiger partial charge on any atom is -0.381 e. The fourth-order valence-corrected chi connectivity index (χ4v) is 2.73. The van der Waals surface area contributed by atoms with Crippen molar-refractivity contribution in [3.63, 3.8) is 0 Å². The second kappa shape index (κ2) is 5.96. The molecule has 0 aromatic heterocycles. The highest BCUT2D eigenvalue weighted by atomic mass is 79.9. The molecule has 0 unspecified atom stereocenters. The summed E-state index contributed by atoms with van der Waals surface area (Å²) >= 11 is 3.36. The van der Waals surface area contributed by atoms with Crippen LogP contribution in [0.4, 0.5) is 8.78 Å². The summed E-state index contributed by atoms with van der Waals surface area (Å²) in [6, 6.07) is 2.85. The molecule has 0 bridgehead atoms. The highest BCUT2D eigenvalue weighted by molar-refractivity contribution is 9.09. The SMILES string of the molecule is O=C(NC1(CBr)CCOCC1)c1cc(F)ccc1F. The molecule has 0 aliphatic carbocycles. The van der Waals surface area contributed by atoms with E-state index in [0.29, 0.717) is 31.4 Å². The number of nitrogens with one attached hydrogen (secondary N) is 1. The van der Waals surface area contributed by atoms with Gasteiger partial charge in [0.1, 0.15) is 11.6 Å². The Bertz CT molecular complexity index is 476. The summed E-state index contributed by atoms with van der Waals surface area (Å²) in [6.45, 7) is 1.08. The Morgan fingerprint density at radius 1 is 1.37 bits per heavy atom. The van der Waals surface area contributed by atoms with Gasteiger partial charge >= 0.3 is 0 Å². The normalized spacial score (nSPS) is 18.1. The maximum atomic E-state index is 13.5. The zero-order valence-corrected chi connectivity index (χ0v) is 11.8. The molecule has 0 atom stereocenters. The van der Waals surface area contributed by atoms with Crippen molar-refractivity contribution in [3.05, 3.63) is 35.4 Å². The summed E-state index contributed by atoms with van der Waals surface area (Å²) in [6.07, 6.45) is 1.28. The molecule has 1 aromatic rings. The third-order valence-electron chi connectivity index (χ3n) is 3.26. The third-order valence-corrected chi connectivity index (χ3v) is 4.33. The zero-order chi connectivity index (χ0) is 13.9. The third kappa shape index (κ3) is 3.30. The largest absolute Gasteiger partial charge is 0.381 e. The molecule has 19 heavy (non-hydrogen) atoms. The molecule has 1 fully saturated rings. The molecule has 0 saturated carbocycles. The van der Waals surface area contributed by atoms with Crippen molar-refractivity contribution in [3.8, 4) is 0 Å². The number of hydrogen-bond donors (Lipinski definition) is 1. The average Bonchev–Trinajstić information content (AvgIpc) is 2.42. The van der Waals surface area contributed by atoms with Crippen molar-refractivity contribution in [2.75, 3.05) is 18.5 Å². The van der Waals surface area contributed by atoms with Crippen LogP contribution < -0.4 is 5.32 Å². The molecule has 0 radical (unpaired) electrons.